The molecule has 3 rings (SSSR count). The van der Waals surface area contributed by atoms with E-state index < -0.39 is 9.84 Å². The average Bonchev–Trinajstić information content (AvgIpc) is 2.85. The predicted molar refractivity (Wildman–Crippen MR) is 93.9 cm³/mol. The van der Waals surface area contributed by atoms with Crippen molar-refractivity contribution in [3.05, 3.63) is 23.5 Å². The van der Waals surface area contributed by atoms with Gasteiger partial charge in [-0.15, -0.1) is 0 Å². The molecule has 0 radical (unpaired) electrons. The Hall–Kier alpha value is -1.63. The number of sulfone groups is 1. The Kier molecular flexibility index (Phi) is 4.80. The molecule has 0 bridgehead atoms. The lowest BCUT2D eigenvalue weighted by Gasteiger charge is -2.36. The molecule has 6 nitrogen and oxygen atoms in total. The third-order valence-electron chi connectivity index (χ3n) is 4.85. The minimum atomic E-state index is -2.91. The second-order valence-electron chi connectivity index (χ2n) is 6.95. The van der Waals surface area contributed by atoms with E-state index in [0.717, 1.165) is 30.2 Å². The molecule has 2 aliphatic rings. The van der Waals surface area contributed by atoms with E-state index in [1.165, 1.54) is 0 Å². The fourth-order valence-electron chi connectivity index (χ4n) is 3.62. The zero-order valence-electron chi connectivity index (χ0n) is 14.4. The summed E-state index contributed by atoms with van der Waals surface area (Å²) in [5.74, 6) is 0.512. The molecule has 1 amide bonds. The van der Waals surface area contributed by atoms with Gasteiger partial charge in [-0.2, -0.15) is 0 Å². The average molecular weight is 351 g/mol. The topological polar surface area (TPSA) is 70.6 Å². The van der Waals surface area contributed by atoms with Crippen LogP contribution >= 0.6 is 0 Å². The molecular formula is C17H25N3O3S. The van der Waals surface area contributed by atoms with Crippen molar-refractivity contribution in [2.75, 3.05) is 42.6 Å². The molecule has 0 unspecified atom stereocenters. The Labute approximate surface area is 143 Å². The van der Waals surface area contributed by atoms with Gasteiger partial charge in [0.15, 0.2) is 9.84 Å². The lowest BCUT2D eigenvalue weighted by Crippen LogP contribution is -2.49. The Bertz CT molecular complexity index is 704. The standard InChI is InChI=1S/C17H25N3O3S/c1-13-9-16(10-14(2)18-13)19-4-6-20(7-5-19)17(21)11-15-3-8-24(22,23)12-15/h9-10,15H,3-8,11-12H2,1-2H3/t15-/m0/s1. The zero-order chi connectivity index (χ0) is 17.3. The van der Waals surface area contributed by atoms with E-state index in [0.29, 0.717) is 25.9 Å². The Balaban J connectivity index is 1.54. The maximum absolute atomic E-state index is 12.4. The minimum Gasteiger partial charge on any atom is -0.368 e. The van der Waals surface area contributed by atoms with Gasteiger partial charge in [-0.05, 0) is 38.3 Å². The highest BCUT2D eigenvalue weighted by atomic mass is 32.2. The smallest absolute Gasteiger partial charge is 0.223 e. The fourth-order valence-corrected chi connectivity index (χ4v) is 5.48. The SMILES string of the molecule is Cc1cc(N2CCN(C(=O)C[C@@H]3CCS(=O)(=O)C3)CC2)cc(C)n1. The highest BCUT2D eigenvalue weighted by molar-refractivity contribution is 7.91. The number of amides is 1. The molecule has 0 aliphatic carbocycles. The van der Waals surface area contributed by atoms with Crippen LogP contribution in [-0.4, -0.2) is 61.9 Å². The zero-order valence-corrected chi connectivity index (χ0v) is 15.2. The predicted octanol–water partition coefficient (Wildman–Crippen LogP) is 1.17. The van der Waals surface area contributed by atoms with Crippen molar-refractivity contribution in [3.8, 4) is 0 Å². The molecule has 0 N–H and O–H groups in total. The van der Waals surface area contributed by atoms with Gasteiger partial charge in [-0.3, -0.25) is 9.78 Å². The largest absolute Gasteiger partial charge is 0.368 e. The molecule has 0 spiro atoms. The van der Waals surface area contributed by atoms with Crippen LogP contribution in [0.2, 0.25) is 0 Å². The summed E-state index contributed by atoms with van der Waals surface area (Å²) in [7, 11) is -2.91. The summed E-state index contributed by atoms with van der Waals surface area (Å²) < 4.78 is 23.0. The van der Waals surface area contributed by atoms with Crippen molar-refractivity contribution in [2.24, 2.45) is 5.92 Å². The first-order valence-electron chi connectivity index (χ1n) is 8.51. The summed E-state index contributed by atoms with van der Waals surface area (Å²) in [5, 5.41) is 0. The second kappa shape index (κ2) is 6.70. The minimum absolute atomic E-state index is 0.00558. The van der Waals surface area contributed by atoms with Crippen LogP contribution in [0.25, 0.3) is 0 Å². The molecule has 3 heterocycles. The first-order chi connectivity index (χ1) is 11.3. The molecule has 132 valence electrons. The summed E-state index contributed by atoms with van der Waals surface area (Å²) in [5.41, 5.74) is 3.17. The van der Waals surface area contributed by atoms with Gasteiger partial charge >= 0.3 is 0 Å². The van der Waals surface area contributed by atoms with E-state index in [-0.39, 0.29) is 23.3 Å². The second-order valence-corrected chi connectivity index (χ2v) is 9.18. The summed E-state index contributed by atoms with van der Waals surface area (Å²) in [6.45, 7) is 6.98. The number of aryl methyl sites for hydroxylation is 2. The van der Waals surface area contributed by atoms with Crippen LogP contribution in [-0.2, 0) is 14.6 Å². The first-order valence-corrected chi connectivity index (χ1v) is 10.3. The number of hydrogen-bond acceptors (Lipinski definition) is 5. The molecule has 7 heteroatoms. The Morgan fingerprint density at radius 2 is 1.79 bits per heavy atom. The van der Waals surface area contributed by atoms with E-state index >= 15 is 0 Å². The quantitative estimate of drug-likeness (QED) is 0.818. The van der Waals surface area contributed by atoms with E-state index in [1.54, 1.807) is 0 Å². The summed E-state index contributed by atoms with van der Waals surface area (Å²) in [6, 6.07) is 4.15. The van der Waals surface area contributed by atoms with E-state index in [2.05, 4.69) is 22.0 Å². The summed E-state index contributed by atoms with van der Waals surface area (Å²) in [4.78, 5) is 21.0. The van der Waals surface area contributed by atoms with Crippen molar-refractivity contribution in [1.29, 1.82) is 0 Å². The molecule has 2 fully saturated rings. The lowest BCUT2D eigenvalue weighted by atomic mass is 10.0. The van der Waals surface area contributed by atoms with Crippen LogP contribution in [0.3, 0.4) is 0 Å². The maximum Gasteiger partial charge on any atom is 0.223 e. The van der Waals surface area contributed by atoms with Crippen LogP contribution in [0, 0.1) is 19.8 Å². The van der Waals surface area contributed by atoms with Gasteiger partial charge in [0.2, 0.25) is 5.91 Å². The van der Waals surface area contributed by atoms with Crippen LogP contribution in [0.15, 0.2) is 12.1 Å². The van der Waals surface area contributed by atoms with Gasteiger partial charge in [0.25, 0.3) is 0 Å². The molecular weight excluding hydrogens is 326 g/mol. The van der Waals surface area contributed by atoms with Crippen molar-refractivity contribution in [1.82, 2.24) is 9.88 Å². The monoisotopic (exact) mass is 351 g/mol. The van der Waals surface area contributed by atoms with Gasteiger partial charge in [0.1, 0.15) is 0 Å². The number of anilines is 1. The molecule has 1 aromatic rings. The van der Waals surface area contributed by atoms with Gasteiger partial charge in [-0.25, -0.2) is 8.42 Å². The summed E-state index contributed by atoms with van der Waals surface area (Å²) >= 11 is 0. The van der Waals surface area contributed by atoms with E-state index in [1.807, 2.05) is 18.7 Å². The van der Waals surface area contributed by atoms with Crippen molar-refractivity contribution < 1.29 is 13.2 Å². The Morgan fingerprint density at radius 1 is 1.17 bits per heavy atom. The third kappa shape index (κ3) is 4.06. The number of nitrogens with zero attached hydrogens (tertiary/aromatic N) is 3. The normalized spacial score (nSPS) is 23.5. The van der Waals surface area contributed by atoms with Crippen molar-refractivity contribution in [3.63, 3.8) is 0 Å². The number of carbonyl (C=O) groups excluding carboxylic acids is 1. The van der Waals surface area contributed by atoms with Crippen LogP contribution in [0.1, 0.15) is 24.2 Å². The van der Waals surface area contributed by atoms with Crippen LogP contribution in [0.4, 0.5) is 5.69 Å². The van der Waals surface area contributed by atoms with E-state index in [9.17, 15) is 13.2 Å². The molecule has 0 saturated carbocycles. The number of aromatic nitrogens is 1. The van der Waals surface area contributed by atoms with Crippen molar-refractivity contribution >= 4 is 21.4 Å². The van der Waals surface area contributed by atoms with Crippen LogP contribution < -0.4 is 4.90 Å². The number of hydrogen-bond donors (Lipinski definition) is 0. The number of piperazine rings is 1. The Morgan fingerprint density at radius 3 is 2.33 bits per heavy atom. The van der Waals surface area contributed by atoms with Crippen LogP contribution in [0.5, 0.6) is 0 Å². The van der Waals surface area contributed by atoms with Gasteiger partial charge in [-0.1, -0.05) is 0 Å². The van der Waals surface area contributed by atoms with Crippen molar-refractivity contribution in [2.45, 2.75) is 26.7 Å². The number of rotatable bonds is 3. The third-order valence-corrected chi connectivity index (χ3v) is 6.69. The van der Waals surface area contributed by atoms with E-state index in [4.69, 9.17) is 0 Å². The van der Waals surface area contributed by atoms with Gasteiger partial charge in [0.05, 0.1) is 11.5 Å². The first kappa shape index (κ1) is 17.2. The summed E-state index contributed by atoms with van der Waals surface area (Å²) in [6.07, 6.45) is 0.996. The molecule has 1 aromatic heterocycles. The fraction of sp³-hybridized carbons (Fsp3) is 0.647. The molecule has 0 aromatic carbocycles. The number of pyridine rings is 1. The van der Waals surface area contributed by atoms with Gasteiger partial charge < -0.3 is 9.80 Å². The highest BCUT2D eigenvalue weighted by Gasteiger charge is 2.31. The van der Waals surface area contributed by atoms with Gasteiger partial charge in [0, 0.05) is 49.7 Å². The highest BCUT2D eigenvalue weighted by Crippen LogP contribution is 2.23. The maximum atomic E-state index is 12.4. The molecule has 2 saturated heterocycles. The lowest BCUT2D eigenvalue weighted by molar-refractivity contribution is -0.132. The molecule has 24 heavy (non-hydrogen) atoms. The molecule has 1 atom stereocenters. The molecule has 2 aliphatic heterocycles. The number of carbonyl (C=O) groups is 1.